The summed E-state index contributed by atoms with van der Waals surface area (Å²) in [5.41, 5.74) is 7.10. The lowest BCUT2D eigenvalue weighted by Gasteiger charge is -2.16. The summed E-state index contributed by atoms with van der Waals surface area (Å²) in [7, 11) is 0. The van der Waals surface area contributed by atoms with Crippen molar-refractivity contribution in [2.24, 2.45) is 11.1 Å². The lowest BCUT2D eigenvalue weighted by molar-refractivity contribution is 0.500. The standard InChI is InChI=1S/C13H18N4/c14-7-6-13(4-5-13)10-16-12-3-1-2-11-15-8-9-17(11)12/h1-3,8-9,16H,4-7,10,14H2. The third kappa shape index (κ3) is 2.00. The normalized spacial score (nSPS) is 17.2. The first kappa shape index (κ1) is 10.6. The van der Waals surface area contributed by atoms with Crippen LogP contribution in [-0.4, -0.2) is 22.5 Å². The van der Waals surface area contributed by atoms with E-state index in [2.05, 4.69) is 20.8 Å². The Labute approximate surface area is 101 Å². The summed E-state index contributed by atoms with van der Waals surface area (Å²) in [6, 6.07) is 6.14. The molecule has 0 bridgehead atoms. The van der Waals surface area contributed by atoms with Crippen LogP contribution in [0.3, 0.4) is 0 Å². The van der Waals surface area contributed by atoms with E-state index in [9.17, 15) is 0 Å². The second-order valence-corrected chi connectivity index (χ2v) is 4.96. The molecule has 0 aliphatic heterocycles. The van der Waals surface area contributed by atoms with Crippen LogP contribution in [0, 0.1) is 5.41 Å². The van der Waals surface area contributed by atoms with Gasteiger partial charge in [0.05, 0.1) is 0 Å². The van der Waals surface area contributed by atoms with Crippen LogP contribution in [0.5, 0.6) is 0 Å². The summed E-state index contributed by atoms with van der Waals surface area (Å²) >= 11 is 0. The average molecular weight is 230 g/mol. The molecule has 17 heavy (non-hydrogen) atoms. The number of rotatable bonds is 5. The van der Waals surface area contributed by atoms with E-state index in [0.29, 0.717) is 5.41 Å². The quantitative estimate of drug-likeness (QED) is 0.824. The lowest BCUT2D eigenvalue weighted by Crippen LogP contribution is -2.20. The minimum atomic E-state index is 0.456. The highest BCUT2D eigenvalue weighted by Gasteiger charge is 2.41. The van der Waals surface area contributed by atoms with Crippen LogP contribution in [0.4, 0.5) is 5.82 Å². The molecule has 2 heterocycles. The molecule has 4 heteroatoms. The molecule has 2 aromatic rings. The number of anilines is 1. The van der Waals surface area contributed by atoms with E-state index in [1.165, 1.54) is 12.8 Å². The van der Waals surface area contributed by atoms with Crippen LogP contribution in [0.25, 0.3) is 5.65 Å². The van der Waals surface area contributed by atoms with Gasteiger partial charge in [-0.15, -0.1) is 0 Å². The Morgan fingerprint density at radius 1 is 1.41 bits per heavy atom. The first-order chi connectivity index (χ1) is 8.33. The van der Waals surface area contributed by atoms with Crippen molar-refractivity contribution in [3.05, 3.63) is 30.6 Å². The molecule has 2 aromatic heterocycles. The number of hydrogen-bond donors (Lipinski definition) is 2. The van der Waals surface area contributed by atoms with Crippen molar-refractivity contribution in [2.45, 2.75) is 19.3 Å². The molecule has 1 saturated carbocycles. The van der Waals surface area contributed by atoms with Gasteiger partial charge in [0.25, 0.3) is 0 Å². The Bertz CT molecular complexity index is 513. The van der Waals surface area contributed by atoms with E-state index in [-0.39, 0.29) is 0 Å². The number of imidazole rings is 1. The molecule has 0 spiro atoms. The Hall–Kier alpha value is -1.55. The summed E-state index contributed by atoms with van der Waals surface area (Å²) in [5, 5.41) is 3.53. The summed E-state index contributed by atoms with van der Waals surface area (Å²) in [6.45, 7) is 1.80. The van der Waals surface area contributed by atoms with Crippen LogP contribution in [0.15, 0.2) is 30.6 Å². The van der Waals surface area contributed by atoms with Gasteiger partial charge in [0, 0.05) is 18.9 Å². The van der Waals surface area contributed by atoms with Crippen molar-refractivity contribution < 1.29 is 0 Å². The van der Waals surface area contributed by atoms with Gasteiger partial charge in [-0.3, -0.25) is 4.40 Å². The van der Waals surface area contributed by atoms with Crippen molar-refractivity contribution in [2.75, 3.05) is 18.4 Å². The Kier molecular flexibility index (Phi) is 2.52. The molecule has 3 N–H and O–H groups in total. The molecule has 0 amide bonds. The smallest absolute Gasteiger partial charge is 0.138 e. The lowest BCUT2D eigenvalue weighted by atomic mass is 10.0. The highest BCUT2D eigenvalue weighted by Crippen LogP contribution is 2.48. The van der Waals surface area contributed by atoms with Crippen molar-refractivity contribution >= 4 is 11.5 Å². The molecule has 0 radical (unpaired) electrons. The average Bonchev–Trinajstić information content (AvgIpc) is 2.92. The van der Waals surface area contributed by atoms with Gasteiger partial charge in [-0.2, -0.15) is 0 Å². The van der Waals surface area contributed by atoms with Crippen molar-refractivity contribution in [1.82, 2.24) is 9.38 Å². The van der Waals surface area contributed by atoms with Crippen LogP contribution in [0.1, 0.15) is 19.3 Å². The fourth-order valence-corrected chi connectivity index (χ4v) is 2.37. The van der Waals surface area contributed by atoms with Gasteiger partial charge in [-0.1, -0.05) is 6.07 Å². The molecule has 1 aliphatic carbocycles. The summed E-state index contributed by atoms with van der Waals surface area (Å²) in [4.78, 5) is 4.28. The van der Waals surface area contributed by atoms with Crippen molar-refractivity contribution in [1.29, 1.82) is 0 Å². The minimum Gasteiger partial charge on any atom is -0.371 e. The van der Waals surface area contributed by atoms with Gasteiger partial charge in [0.2, 0.25) is 0 Å². The van der Waals surface area contributed by atoms with Gasteiger partial charge in [0.15, 0.2) is 0 Å². The molecule has 0 aromatic carbocycles. The van der Waals surface area contributed by atoms with E-state index in [0.717, 1.165) is 31.0 Å². The third-order valence-corrected chi connectivity index (χ3v) is 3.70. The highest BCUT2D eigenvalue weighted by molar-refractivity contribution is 5.50. The topological polar surface area (TPSA) is 55.3 Å². The summed E-state index contributed by atoms with van der Waals surface area (Å²) in [5.74, 6) is 1.11. The van der Waals surface area contributed by atoms with Gasteiger partial charge < -0.3 is 11.1 Å². The first-order valence-corrected chi connectivity index (χ1v) is 6.19. The van der Waals surface area contributed by atoms with Gasteiger partial charge in [0.1, 0.15) is 11.5 Å². The number of hydrogen-bond acceptors (Lipinski definition) is 3. The Balaban J connectivity index is 1.75. The number of nitrogens with two attached hydrogens (primary N) is 1. The predicted molar refractivity (Wildman–Crippen MR) is 69.0 cm³/mol. The van der Waals surface area contributed by atoms with Crippen molar-refractivity contribution in [3.8, 4) is 0 Å². The maximum Gasteiger partial charge on any atom is 0.138 e. The third-order valence-electron chi connectivity index (χ3n) is 3.70. The van der Waals surface area contributed by atoms with Gasteiger partial charge in [-0.25, -0.2) is 4.98 Å². The van der Waals surface area contributed by atoms with Crippen LogP contribution < -0.4 is 11.1 Å². The molecule has 4 nitrogen and oxygen atoms in total. The molecule has 0 saturated heterocycles. The highest BCUT2D eigenvalue weighted by atomic mass is 15.1. The second-order valence-electron chi connectivity index (χ2n) is 4.96. The molecule has 3 rings (SSSR count). The molecular weight excluding hydrogens is 212 g/mol. The molecule has 0 atom stereocenters. The number of nitrogens with one attached hydrogen (secondary N) is 1. The monoisotopic (exact) mass is 230 g/mol. The molecule has 1 aliphatic rings. The summed E-state index contributed by atoms with van der Waals surface area (Å²) < 4.78 is 2.08. The number of aromatic nitrogens is 2. The van der Waals surface area contributed by atoms with E-state index >= 15 is 0 Å². The largest absolute Gasteiger partial charge is 0.371 e. The fourth-order valence-electron chi connectivity index (χ4n) is 2.37. The Morgan fingerprint density at radius 3 is 3.06 bits per heavy atom. The Morgan fingerprint density at radius 2 is 2.29 bits per heavy atom. The molecule has 1 fully saturated rings. The van der Waals surface area contributed by atoms with Crippen LogP contribution in [0.2, 0.25) is 0 Å². The predicted octanol–water partition coefficient (Wildman–Crippen LogP) is 1.88. The van der Waals surface area contributed by atoms with E-state index in [4.69, 9.17) is 5.73 Å². The van der Waals surface area contributed by atoms with Crippen LogP contribution >= 0.6 is 0 Å². The zero-order valence-corrected chi connectivity index (χ0v) is 9.89. The maximum absolute atomic E-state index is 5.65. The number of pyridine rings is 1. The zero-order chi connectivity index (χ0) is 11.7. The molecular formula is C13H18N4. The van der Waals surface area contributed by atoms with Crippen LogP contribution in [-0.2, 0) is 0 Å². The van der Waals surface area contributed by atoms with Gasteiger partial charge in [-0.05, 0) is 43.4 Å². The molecule has 90 valence electrons. The molecule has 0 unspecified atom stereocenters. The number of nitrogens with zero attached hydrogens (tertiary/aromatic N) is 2. The fraction of sp³-hybridized carbons (Fsp3) is 0.462. The maximum atomic E-state index is 5.65. The summed E-state index contributed by atoms with van der Waals surface area (Å²) in [6.07, 6.45) is 7.54. The van der Waals surface area contributed by atoms with Crippen molar-refractivity contribution in [3.63, 3.8) is 0 Å². The zero-order valence-electron chi connectivity index (χ0n) is 9.89. The first-order valence-electron chi connectivity index (χ1n) is 6.19. The van der Waals surface area contributed by atoms with E-state index < -0.39 is 0 Å². The van der Waals surface area contributed by atoms with Gasteiger partial charge >= 0.3 is 0 Å². The minimum absolute atomic E-state index is 0.456. The second kappa shape index (κ2) is 4.04. The number of fused-ring (bicyclic) bond motifs is 1. The van der Waals surface area contributed by atoms with E-state index in [1.807, 2.05) is 24.5 Å². The van der Waals surface area contributed by atoms with E-state index in [1.54, 1.807) is 0 Å². The SMILES string of the molecule is NCCC1(CNc2cccc3nccn23)CC1.